The van der Waals surface area contributed by atoms with E-state index in [1.54, 1.807) is 0 Å². The second-order valence-corrected chi connectivity index (χ2v) is 23.0. The molecule has 6 atom stereocenters. The summed E-state index contributed by atoms with van der Waals surface area (Å²) >= 11 is 0. The lowest BCUT2D eigenvalue weighted by molar-refractivity contribution is -0.166. The molecule has 0 rings (SSSR count). The first-order chi connectivity index (χ1) is 35.7. The lowest BCUT2D eigenvalue weighted by Gasteiger charge is -2.22. The van der Waals surface area contributed by atoms with Crippen molar-refractivity contribution in [1.82, 2.24) is 0 Å². The number of aliphatic hydroxyl groups is 2. The summed E-state index contributed by atoms with van der Waals surface area (Å²) in [5, 5.41) is 20.7. The van der Waals surface area contributed by atoms with Gasteiger partial charge in [-0.2, -0.15) is 0 Å². The molecule has 0 aliphatic carbocycles. The Kier molecular flexibility index (Phi) is 50.0. The molecule has 74 heavy (non-hydrogen) atoms. The molecule has 0 amide bonds. The van der Waals surface area contributed by atoms with E-state index in [4.69, 9.17) is 37.0 Å². The maximum Gasteiger partial charge on any atom is 0.472 e. The highest BCUT2D eigenvalue weighted by Gasteiger charge is 2.30. The second-order valence-electron chi connectivity index (χ2n) is 20.1. The monoisotopic (exact) mass is 1100 g/mol. The van der Waals surface area contributed by atoms with Crippen LogP contribution >= 0.6 is 15.6 Å². The number of ether oxygens (including phenoxy) is 4. The van der Waals surface area contributed by atoms with E-state index in [0.717, 1.165) is 83.5 Å². The number of carbonyl (C=O) groups is 3. The van der Waals surface area contributed by atoms with Gasteiger partial charge in [0, 0.05) is 19.3 Å². The van der Waals surface area contributed by atoms with Gasteiger partial charge in [0.15, 0.2) is 12.4 Å². The molecule has 0 aliphatic heterocycles. The number of phosphoric acid groups is 2. The number of hydrogen-bond donors (Lipinski definition) is 4. The van der Waals surface area contributed by atoms with Crippen molar-refractivity contribution in [2.45, 2.75) is 296 Å². The molecule has 19 heteroatoms. The van der Waals surface area contributed by atoms with Crippen LogP contribution in [0.5, 0.6) is 0 Å². The minimum atomic E-state index is -4.92. The third kappa shape index (κ3) is 50.0. The number of carbonyl (C=O) groups excluding carboxylic acids is 3. The first-order valence-electron chi connectivity index (χ1n) is 29.4. The summed E-state index contributed by atoms with van der Waals surface area (Å²) < 4.78 is 67.5. The molecule has 0 aromatic rings. The van der Waals surface area contributed by atoms with E-state index >= 15 is 0 Å². The Bertz CT molecular complexity index is 1410. The lowest BCUT2D eigenvalue weighted by Crippen LogP contribution is -2.31. The van der Waals surface area contributed by atoms with Gasteiger partial charge in [0.1, 0.15) is 18.8 Å². The normalized spacial score (nSPS) is 15.0. The van der Waals surface area contributed by atoms with E-state index in [2.05, 4.69) is 20.8 Å². The largest absolute Gasteiger partial charge is 0.472 e. The predicted molar refractivity (Wildman–Crippen MR) is 290 cm³/mol. The van der Waals surface area contributed by atoms with Gasteiger partial charge in [0.2, 0.25) is 0 Å². The summed E-state index contributed by atoms with van der Waals surface area (Å²) in [7, 11) is -9.82. The van der Waals surface area contributed by atoms with E-state index in [1.807, 2.05) is 6.92 Å². The Labute approximate surface area is 448 Å². The van der Waals surface area contributed by atoms with Crippen LogP contribution in [0.4, 0.5) is 0 Å². The smallest absolute Gasteiger partial charge is 0.462 e. The highest BCUT2D eigenvalue weighted by molar-refractivity contribution is 7.47. The zero-order chi connectivity index (χ0) is 54.8. The molecule has 0 heterocycles. The van der Waals surface area contributed by atoms with E-state index in [9.17, 15) is 43.5 Å². The molecular formula is C55H108O17P2. The zero-order valence-electron chi connectivity index (χ0n) is 46.9. The van der Waals surface area contributed by atoms with Crippen molar-refractivity contribution in [3.05, 3.63) is 0 Å². The third-order valence-electron chi connectivity index (χ3n) is 12.7. The Hall–Kier alpha value is -1.49. The van der Waals surface area contributed by atoms with Crippen molar-refractivity contribution >= 4 is 33.6 Å². The number of aliphatic hydroxyl groups excluding tert-OH is 2. The molecule has 3 unspecified atom stereocenters. The summed E-state index contributed by atoms with van der Waals surface area (Å²) in [6.45, 7) is 4.84. The fourth-order valence-corrected chi connectivity index (χ4v) is 9.71. The summed E-state index contributed by atoms with van der Waals surface area (Å²) in [5.41, 5.74) is 0. The highest BCUT2D eigenvalue weighted by atomic mass is 31.2. The predicted octanol–water partition coefficient (Wildman–Crippen LogP) is 14.2. The topological polar surface area (TPSA) is 240 Å². The minimum Gasteiger partial charge on any atom is -0.462 e. The molecule has 0 aliphatic rings. The van der Waals surface area contributed by atoms with Crippen LogP contribution < -0.4 is 0 Å². The number of rotatable bonds is 57. The second kappa shape index (κ2) is 51.0. The number of hydrogen-bond acceptors (Lipinski definition) is 15. The summed E-state index contributed by atoms with van der Waals surface area (Å²) in [6.07, 6.45) is 32.3. The van der Waals surface area contributed by atoms with Crippen molar-refractivity contribution < 1.29 is 80.6 Å². The van der Waals surface area contributed by atoms with Gasteiger partial charge in [-0.25, -0.2) is 9.13 Å². The SMILES string of the molecule is CCCCCCCCCCCCCC(=O)OC[C@H](COP(=O)(O)OC[C@H](O)COP(=O)(O)OC[C@@H](COC(O)CCCCC)OC(=O)CCCCCCCCCCCC)OC(=O)CCCCCCCCCCCC. The molecule has 440 valence electrons. The van der Waals surface area contributed by atoms with E-state index in [1.165, 1.54) is 109 Å². The molecule has 17 nitrogen and oxygen atoms in total. The Morgan fingerprint density at radius 1 is 0.365 bits per heavy atom. The van der Waals surface area contributed by atoms with Gasteiger partial charge in [0.05, 0.1) is 33.0 Å². The van der Waals surface area contributed by atoms with Crippen molar-refractivity contribution in [1.29, 1.82) is 0 Å². The van der Waals surface area contributed by atoms with Gasteiger partial charge in [-0.1, -0.05) is 220 Å². The summed E-state index contributed by atoms with van der Waals surface area (Å²) in [4.78, 5) is 59.0. The number of esters is 3. The van der Waals surface area contributed by atoms with Crippen molar-refractivity contribution in [3.63, 3.8) is 0 Å². The van der Waals surface area contributed by atoms with E-state index in [-0.39, 0.29) is 25.9 Å². The fraction of sp³-hybridized carbons (Fsp3) is 0.945. The first kappa shape index (κ1) is 72.5. The molecule has 0 aromatic heterocycles. The van der Waals surface area contributed by atoms with Gasteiger partial charge < -0.3 is 38.9 Å². The zero-order valence-corrected chi connectivity index (χ0v) is 48.7. The average molecular weight is 1100 g/mol. The van der Waals surface area contributed by atoms with Gasteiger partial charge in [-0.05, 0) is 32.1 Å². The maximum atomic E-state index is 12.9. The van der Waals surface area contributed by atoms with Crippen molar-refractivity contribution in [2.75, 3.05) is 39.6 Å². The van der Waals surface area contributed by atoms with Crippen LogP contribution in [0.25, 0.3) is 0 Å². The van der Waals surface area contributed by atoms with Gasteiger partial charge in [0.25, 0.3) is 0 Å². The summed E-state index contributed by atoms with van der Waals surface area (Å²) in [6, 6.07) is 0. The van der Waals surface area contributed by atoms with Gasteiger partial charge in [-0.3, -0.25) is 32.5 Å². The lowest BCUT2D eigenvalue weighted by atomic mass is 10.1. The molecule has 0 fully saturated rings. The molecule has 0 spiro atoms. The molecule has 4 N–H and O–H groups in total. The standard InChI is InChI=1S/C55H108O17P2/c1-5-9-13-16-19-22-25-28-29-32-36-40-53(58)66-46-51(72-55(60)42-38-34-31-27-24-21-18-15-11-7-3)48-70-74(63,64)68-44-49(56)43-67-73(61,62)69-47-50(45-65-52(57)39-35-12-8-4)71-54(59)41-37-33-30-26-23-20-17-14-10-6-2/h49-52,56-57H,5-48H2,1-4H3,(H,61,62)(H,63,64)/t49-,50-,51-,52?/m1/s1. The third-order valence-corrected chi connectivity index (χ3v) is 14.6. The van der Waals surface area contributed by atoms with Gasteiger partial charge in [-0.15, -0.1) is 0 Å². The minimum absolute atomic E-state index is 0.110. The van der Waals surface area contributed by atoms with Crippen molar-refractivity contribution in [3.8, 4) is 0 Å². The quantitative estimate of drug-likeness (QED) is 0.0145. The Morgan fingerprint density at radius 3 is 1.00 bits per heavy atom. The number of unbranched alkanes of at least 4 members (excludes halogenated alkanes) is 30. The molecule has 0 aromatic carbocycles. The Balaban J connectivity index is 5.12. The van der Waals surface area contributed by atoms with E-state index in [0.29, 0.717) is 32.1 Å². The molecule has 0 radical (unpaired) electrons. The van der Waals surface area contributed by atoms with Crippen LogP contribution in [-0.2, 0) is 60.6 Å². The van der Waals surface area contributed by atoms with Crippen LogP contribution in [0.15, 0.2) is 0 Å². The van der Waals surface area contributed by atoms with E-state index < -0.39 is 91.2 Å². The van der Waals surface area contributed by atoms with Crippen LogP contribution in [0.3, 0.4) is 0 Å². The highest BCUT2D eigenvalue weighted by Crippen LogP contribution is 2.45. The Morgan fingerprint density at radius 2 is 0.649 bits per heavy atom. The van der Waals surface area contributed by atoms with Crippen LogP contribution in [0, 0.1) is 0 Å². The van der Waals surface area contributed by atoms with Crippen LogP contribution in [0.2, 0.25) is 0 Å². The molecule has 0 saturated carbocycles. The van der Waals surface area contributed by atoms with Crippen LogP contribution in [0.1, 0.15) is 272 Å². The first-order valence-corrected chi connectivity index (χ1v) is 32.4. The molecular weight excluding hydrogens is 995 g/mol. The van der Waals surface area contributed by atoms with Crippen molar-refractivity contribution in [2.24, 2.45) is 0 Å². The molecule has 0 saturated heterocycles. The maximum absolute atomic E-state index is 12.9. The summed E-state index contributed by atoms with van der Waals surface area (Å²) in [5.74, 6) is -1.61. The average Bonchev–Trinajstić information content (AvgIpc) is 3.37. The molecule has 0 bridgehead atoms. The van der Waals surface area contributed by atoms with Crippen LogP contribution in [-0.4, -0.2) is 102 Å². The fourth-order valence-electron chi connectivity index (χ4n) is 8.14. The number of phosphoric ester groups is 2. The van der Waals surface area contributed by atoms with Gasteiger partial charge >= 0.3 is 33.6 Å².